The van der Waals surface area contributed by atoms with E-state index in [1.54, 1.807) is 0 Å². The predicted molar refractivity (Wildman–Crippen MR) is 84.5 cm³/mol. The summed E-state index contributed by atoms with van der Waals surface area (Å²) in [4.78, 5) is 13.9. The molecule has 3 atom stereocenters. The van der Waals surface area contributed by atoms with E-state index < -0.39 is 5.60 Å². The zero-order valence-electron chi connectivity index (χ0n) is 13.9. The summed E-state index contributed by atoms with van der Waals surface area (Å²) < 4.78 is 5.43. The van der Waals surface area contributed by atoms with Crippen molar-refractivity contribution in [1.82, 2.24) is 15.5 Å². The molecule has 2 heterocycles. The first kappa shape index (κ1) is 16.6. The van der Waals surface area contributed by atoms with Gasteiger partial charge in [0.05, 0.1) is 0 Å². The molecule has 2 aliphatic rings. The molecular weight excluding hydrogens is 266 g/mol. The molecule has 2 rings (SSSR count). The standard InChI is InChI=1S/C16H31N3O2/c1-12(10-13-6-5-8-17-13)18-14-7-9-19(11-14)15(20)21-16(2,3)4/h12-14,17-18H,5-11H2,1-4H3. The van der Waals surface area contributed by atoms with Crippen molar-refractivity contribution in [1.29, 1.82) is 0 Å². The summed E-state index contributed by atoms with van der Waals surface area (Å²) in [6.07, 6.45) is 4.59. The lowest BCUT2D eigenvalue weighted by molar-refractivity contribution is 0.0290. The van der Waals surface area contributed by atoms with Crippen molar-refractivity contribution < 1.29 is 9.53 Å². The molecule has 2 saturated heterocycles. The van der Waals surface area contributed by atoms with Crippen LogP contribution in [0, 0.1) is 0 Å². The molecule has 5 nitrogen and oxygen atoms in total. The third kappa shape index (κ3) is 5.47. The van der Waals surface area contributed by atoms with Crippen LogP contribution in [-0.4, -0.2) is 54.4 Å². The summed E-state index contributed by atoms with van der Waals surface area (Å²) in [7, 11) is 0. The van der Waals surface area contributed by atoms with E-state index in [1.165, 1.54) is 19.3 Å². The second-order valence-corrected chi connectivity index (χ2v) is 7.51. The first-order valence-electron chi connectivity index (χ1n) is 8.31. The van der Waals surface area contributed by atoms with E-state index >= 15 is 0 Å². The molecule has 2 N–H and O–H groups in total. The second-order valence-electron chi connectivity index (χ2n) is 7.51. The Morgan fingerprint density at radius 2 is 2.19 bits per heavy atom. The summed E-state index contributed by atoms with van der Waals surface area (Å²) in [5.41, 5.74) is -0.413. The third-order valence-electron chi connectivity index (χ3n) is 4.16. The topological polar surface area (TPSA) is 53.6 Å². The average molecular weight is 297 g/mol. The number of hydrogen-bond acceptors (Lipinski definition) is 4. The van der Waals surface area contributed by atoms with E-state index in [0.717, 1.165) is 26.1 Å². The summed E-state index contributed by atoms with van der Waals surface area (Å²) in [6.45, 7) is 10.7. The highest BCUT2D eigenvalue weighted by Crippen LogP contribution is 2.17. The van der Waals surface area contributed by atoms with Gasteiger partial charge in [-0.3, -0.25) is 0 Å². The summed E-state index contributed by atoms with van der Waals surface area (Å²) in [5.74, 6) is 0. The number of rotatable bonds is 4. The smallest absolute Gasteiger partial charge is 0.410 e. The average Bonchev–Trinajstić information content (AvgIpc) is 2.98. The number of nitrogens with zero attached hydrogens (tertiary/aromatic N) is 1. The molecular formula is C16H31N3O2. The number of amides is 1. The molecule has 2 fully saturated rings. The quantitative estimate of drug-likeness (QED) is 0.834. The maximum atomic E-state index is 12.0. The minimum atomic E-state index is -0.413. The largest absolute Gasteiger partial charge is 0.444 e. The van der Waals surface area contributed by atoms with Crippen LogP contribution in [0.4, 0.5) is 4.79 Å². The van der Waals surface area contributed by atoms with E-state index in [-0.39, 0.29) is 6.09 Å². The Hall–Kier alpha value is -0.810. The van der Waals surface area contributed by atoms with Crippen molar-refractivity contribution >= 4 is 6.09 Å². The van der Waals surface area contributed by atoms with Gasteiger partial charge in [-0.05, 0) is 59.9 Å². The van der Waals surface area contributed by atoms with Gasteiger partial charge in [-0.15, -0.1) is 0 Å². The van der Waals surface area contributed by atoms with Crippen molar-refractivity contribution in [3.63, 3.8) is 0 Å². The van der Waals surface area contributed by atoms with Gasteiger partial charge in [-0.2, -0.15) is 0 Å². The van der Waals surface area contributed by atoms with Gasteiger partial charge in [0.2, 0.25) is 0 Å². The number of ether oxygens (including phenoxy) is 1. The minimum absolute atomic E-state index is 0.183. The number of nitrogens with one attached hydrogen (secondary N) is 2. The summed E-state index contributed by atoms with van der Waals surface area (Å²) in [6, 6.07) is 1.55. The molecule has 2 aliphatic heterocycles. The molecule has 21 heavy (non-hydrogen) atoms. The molecule has 0 aliphatic carbocycles. The van der Waals surface area contributed by atoms with Crippen LogP contribution in [0.2, 0.25) is 0 Å². The summed E-state index contributed by atoms with van der Waals surface area (Å²) in [5, 5.41) is 7.20. The van der Waals surface area contributed by atoms with Crippen molar-refractivity contribution in [3.05, 3.63) is 0 Å². The summed E-state index contributed by atoms with van der Waals surface area (Å²) >= 11 is 0. The van der Waals surface area contributed by atoms with Crippen LogP contribution in [0.3, 0.4) is 0 Å². The highest BCUT2D eigenvalue weighted by atomic mass is 16.6. The maximum absolute atomic E-state index is 12.0. The molecule has 0 spiro atoms. The van der Waals surface area contributed by atoms with Gasteiger partial charge in [-0.1, -0.05) is 0 Å². The predicted octanol–water partition coefficient (Wildman–Crippen LogP) is 2.12. The van der Waals surface area contributed by atoms with Crippen LogP contribution in [0.1, 0.15) is 53.4 Å². The Labute approximate surface area is 128 Å². The van der Waals surface area contributed by atoms with E-state index in [2.05, 4.69) is 17.6 Å². The van der Waals surface area contributed by atoms with Gasteiger partial charge in [0.25, 0.3) is 0 Å². The molecule has 122 valence electrons. The number of hydrogen-bond donors (Lipinski definition) is 2. The Morgan fingerprint density at radius 1 is 1.43 bits per heavy atom. The molecule has 0 aromatic heterocycles. The molecule has 0 saturated carbocycles. The van der Waals surface area contributed by atoms with Gasteiger partial charge in [0.1, 0.15) is 5.60 Å². The number of carbonyl (C=O) groups is 1. The Morgan fingerprint density at radius 3 is 2.81 bits per heavy atom. The lowest BCUT2D eigenvalue weighted by atomic mass is 10.1. The molecule has 0 radical (unpaired) electrons. The van der Waals surface area contributed by atoms with E-state index in [9.17, 15) is 4.79 Å². The van der Waals surface area contributed by atoms with Gasteiger partial charge in [-0.25, -0.2) is 4.79 Å². The Balaban J connectivity index is 1.70. The van der Waals surface area contributed by atoms with Crippen molar-refractivity contribution in [3.8, 4) is 0 Å². The number of carbonyl (C=O) groups excluding carboxylic acids is 1. The zero-order valence-corrected chi connectivity index (χ0v) is 13.9. The molecule has 1 amide bonds. The van der Waals surface area contributed by atoms with Gasteiger partial charge < -0.3 is 20.3 Å². The molecule has 5 heteroatoms. The normalized spacial score (nSPS) is 27.9. The van der Waals surface area contributed by atoms with Crippen LogP contribution in [0.5, 0.6) is 0 Å². The Kier molecular flexibility index (Phi) is 5.49. The third-order valence-corrected chi connectivity index (χ3v) is 4.16. The van der Waals surface area contributed by atoms with Crippen LogP contribution in [0.15, 0.2) is 0 Å². The van der Waals surface area contributed by atoms with E-state index in [1.807, 2.05) is 25.7 Å². The zero-order chi connectivity index (χ0) is 15.5. The molecule has 0 bridgehead atoms. The van der Waals surface area contributed by atoms with Gasteiger partial charge in [0.15, 0.2) is 0 Å². The lowest BCUT2D eigenvalue weighted by Crippen LogP contribution is -2.42. The maximum Gasteiger partial charge on any atom is 0.410 e. The molecule has 0 aromatic rings. The highest BCUT2D eigenvalue weighted by Gasteiger charge is 2.30. The Bertz CT molecular complexity index is 348. The minimum Gasteiger partial charge on any atom is -0.444 e. The fraction of sp³-hybridized carbons (Fsp3) is 0.938. The molecule has 0 aromatic carbocycles. The SMILES string of the molecule is CC(CC1CCCN1)NC1CCN(C(=O)OC(C)(C)C)C1. The van der Waals surface area contributed by atoms with Crippen molar-refractivity contribution in [2.45, 2.75) is 77.1 Å². The van der Waals surface area contributed by atoms with Crippen molar-refractivity contribution in [2.24, 2.45) is 0 Å². The second kappa shape index (κ2) is 6.97. The van der Waals surface area contributed by atoms with Crippen molar-refractivity contribution in [2.75, 3.05) is 19.6 Å². The van der Waals surface area contributed by atoms with Crippen LogP contribution in [-0.2, 0) is 4.74 Å². The van der Waals surface area contributed by atoms with E-state index in [0.29, 0.717) is 18.1 Å². The van der Waals surface area contributed by atoms with Crippen LogP contribution >= 0.6 is 0 Å². The monoisotopic (exact) mass is 297 g/mol. The molecule has 3 unspecified atom stereocenters. The first-order valence-corrected chi connectivity index (χ1v) is 8.31. The highest BCUT2D eigenvalue weighted by molar-refractivity contribution is 5.68. The fourth-order valence-corrected chi connectivity index (χ4v) is 3.24. The van der Waals surface area contributed by atoms with Crippen LogP contribution < -0.4 is 10.6 Å². The van der Waals surface area contributed by atoms with Crippen LogP contribution in [0.25, 0.3) is 0 Å². The van der Waals surface area contributed by atoms with E-state index in [4.69, 9.17) is 4.74 Å². The first-order chi connectivity index (χ1) is 9.83. The van der Waals surface area contributed by atoms with Gasteiger partial charge in [0, 0.05) is 31.2 Å². The number of likely N-dealkylation sites (tertiary alicyclic amines) is 1. The fourth-order valence-electron chi connectivity index (χ4n) is 3.24. The lowest BCUT2D eigenvalue weighted by Gasteiger charge is -2.25. The van der Waals surface area contributed by atoms with Gasteiger partial charge >= 0.3 is 6.09 Å².